The second-order valence-electron chi connectivity index (χ2n) is 6.37. The van der Waals surface area contributed by atoms with Crippen LogP contribution in [0.3, 0.4) is 0 Å². The van der Waals surface area contributed by atoms with E-state index < -0.39 is 6.23 Å². The van der Waals surface area contributed by atoms with E-state index in [-0.39, 0.29) is 6.04 Å². The Hall–Kier alpha value is -0.600. The summed E-state index contributed by atoms with van der Waals surface area (Å²) < 4.78 is 0. The van der Waals surface area contributed by atoms with Crippen molar-refractivity contribution in [3.63, 3.8) is 0 Å². The first kappa shape index (κ1) is 16.5. The molecule has 2 nitrogen and oxygen atoms in total. The van der Waals surface area contributed by atoms with Crippen molar-refractivity contribution in [3.8, 4) is 0 Å². The Bertz CT molecular complexity index is 319. The smallest absolute Gasteiger partial charge is 0.109 e. The lowest BCUT2D eigenvalue weighted by atomic mass is 9.86. The van der Waals surface area contributed by atoms with Crippen molar-refractivity contribution in [3.05, 3.63) is 23.8 Å². The quantitative estimate of drug-likeness (QED) is 0.538. The lowest BCUT2D eigenvalue weighted by Gasteiger charge is -2.28. The number of allylic oxidation sites excluding steroid dienone is 1. The summed E-state index contributed by atoms with van der Waals surface area (Å²) in [5, 5.41) is 13.5. The fraction of sp³-hybridized carbons (Fsp3) is 0.765. The number of hydrogen-bond donors (Lipinski definition) is 2. The molecule has 0 radical (unpaired) electrons. The number of hydrogen-bond acceptors (Lipinski definition) is 2. The van der Waals surface area contributed by atoms with Gasteiger partial charge in [-0.15, -0.1) is 0 Å². The molecule has 3 atom stereocenters. The van der Waals surface area contributed by atoms with Crippen LogP contribution in [-0.4, -0.2) is 17.4 Å². The topological polar surface area (TPSA) is 32.3 Å². The summed E-state index contributed by atoms with van der Waals surface area (Å²) in [4.78, 5) is 0. The molecule has 0 aromatic carbocycles. The monoisotopic (exact) mass is 265 g/mol. The lowest BCUT2D eigenvalue weighted by molar-refractivity contribution is 0.117. The zero-order chi connectivity index (χ0) is 14.4. The molecule has 0 aliphatic heterocycles. The molecule has 0 aromatic rings. The molecular formula is C17H31NO. The van der Waals surface area contributed by atoms with Crippen molar-refractivity contribution < 1.29 is 5.11 Å². The largest absolute Gasteiger partial charge is 0.378 e. The zero-order valence-corrected chi connectivity index (χ0v) is 13.1. The van der Waals surface area contributed by atoms with Crippen LogP contribution in [0.2, 0.25) is 0 Å². The van der Waals surface area contributed by atoms with Crippen molar-refractivity contribution in [1.29, 1.82) is 0 Å². The average molecular weight is 265 g/mol. The van der Waals surface area contributed by atoms with E-state index in [0.29, 0.717) is 5.92 Å². The summed E-state index contributed by atoms with van der Waals surface area (Å²) in [6, 6.07) is 0.197. The molecule has 0 bridgehead atoms. The van der Waals surface area contributed by atoms with Crippen LogP contribution in [0.25, 0.3) is 0 Å². The van der Waals surface area contributed by atoms with Gasteiger partial charge in [0.2, 0.25) is 0 Å². The van der Waals surface area contributed by atoms with Crippen molar-refractivity contribution in [2.45, 2.75) is 72.1 Å². The van der Waals surface area contributed by atoms with Crippen molar-refractivity contribution >= 4 is 0 Å². The van der Waals surface area contributed by atoms with Gasteiger partial charge in [0.05, 0.1) is 0 Å². The summed E-state index contributed by atoms with van der Waals surface area (Å²) in [6.07, 6.45) is 7.54. The van der Waals surface area contributed by atoms with Crippen LogP contribution in [-0.2, 0) is 0 Å². The highest BCUT2D eigenvalue weighted by Gasteiger charge is 2.19. The third-order valence-electron chi connectivity index (χ3n) is 4.22. The average Bonchev–Trinajstić information content (AvgIpc) is 2.36. The molecule has 0 spiro atoms. The highest BCUT2D eigenvalue weighted by Crippen LogP contribution is 2.28. The Labute approximate surface area is 119 Å². The Morgan fingerprint density at radius 2 is 2.21 bits per heavy atom. The fourth-order valence-corrected chi connectivity index (χ4v) is 2.92. The first-order valence-electron chi connectivity index (χ1n) is 7.71. The predicted molar refractivity (Wildman–Crippen MR) is 82.9 cm³/mol. The van der Waals surface area contributed by atoms with Gasteiger partial charge in [0.15, 0.2) is 0 Å². The van der Waals surface area contributed by atoms with E-state index in [4.69, 9.17) is 0 Å². The Morgan fingerprint density at radius 3 is 2.63 bits per heavy atom. The maximum Gasteiger partial charge on any atom is 0.109 e. The summed E-state index contributed by atoms with van der Waals surface area (Å²) >= 11 is 0. The van der Waals surface area contributed by atoms with E-state index in [9.17, 15) is 5.11 Å². The molecule has 19 heavy (non-hydrogen) atoms. The predicted octanol–water partition coefficient (Wildman–Crippen LogP) is 4.02. The molecule has 0 heterocycles. The zero-order valence-electron chi connectivity index (χ0n) is 13.1. The molecule has 0 amide bonds. The van der Waals surface area contributed by atoms with Gasteiger partial charge < -0.3 is 5.11 Å². The van der Waals surface area contributed by atoms with Crippen LogP contribution in [0, 0.1) is 11.8 Å². The fourth-order valence-electron chi connectivity index (χ4n) is 2.92. The molecule has 2 N–H and O–H groups in total. The number of aliphatic hydroxyl groups is 1. The molecular weight excluding hydrogens is 234 g/mol. The summed E-state index contributed by atoms with van der Waals surface area (Å²) in [6.45, 7) is 12.6. The molecule has 0 saturated heterocycles. The van der Waals surface area contributed by atoms with Gasteiger partial charge in [-0.1, -0.05) is 51.0 Å². The maximum absolute atomic E-state index is 10.2. The van der Waals surface area contributed by atoms with Crippen LogP contribution in [0.5, 0.6) is 0 Å². The van der Waals surface area contributed by atoms with E-state index >= 15 is 0 Å². The summed E-state index contributed by atoms with van der Waals surface area (Å²) in [5.74, 6) is 1.31. The number of nitrogens with one attached hydrogen (secondary N) is 1. The Morgan fingerprint density at radius 1 is 1.53 bits per heavy atom. The second-order valence-corrected chi connectivity index (χ2v) is 6.37. The van der Waals surface area contributed by atoms with Crippen LogP contribution in [0.4, 0.5) is 0 Å². The molecule has 0 fully saturated rings. The normalized spacial score (nSPS) is 23.1. The van der Waals surface area contributed by atoms with E-state index in [1.54, 1.807) is 0 Å². The number of aliphatic hydroxyl groups excluding tert-OH is 1. The van der Waals surface area contributed by atoms with Gasteiger partial charge in [-0.05, 0) is 38.0 Å². The Kier molecular flexibility index (Phi) is 6.81. The Balaban J connectivity index is 2.45. The molecule has 1 aliphatic rings. The standard InChI is InChI=1S/C17H31NO/c1-6-14-7-9-15(10-8-14)11-16(19)18-17(12(2)3)13(4)5/h9,13-14,16-19H,2,6-8,10-11H2,1,3-5H3/t14?,16?,17-/m0/s1. The summed E-state index contributed by atoms with van der Waals surface area (Å²) in [5.41, 5.74) is 2.51. The highest BCUT2D eigenvalue weighted by molar-refractivity contribution is 5.09. The number of rotatable bonds is 7. The van der Waals surface area contributed by atoms with E-state index in [1.165, 1.54) is 24.8 Å². The first-order valence-corrected chi connectivity index (χ1v) is 7.71. The minimum Gasteiger partial charge on any atom is -0.378 e. The molecule has 1 aliphatic carbocycles. The van der Waals surface area contributed by atoms with Crippen molar-refractivity contribution in [1.82, 2.24) is 5.32 Å². The SMILES string of the molecule is C=C(C)[C@H](NC(O)CC1=CCC(CC)CC1)C(C)C. The van der Waals surface area contributed by atoms with E-state index in [2.05, 4.69) is 38.7 Å². The van der Waals surface area contributed by atoms with Crippen LogP contribution in [0.1, 0.15) is 59.8 Å². The molecule has 0 aromatic heterocycles. The maximum atomic E-state index is 10.2. The first-order chi connectivity index (χ1) is 8.93. The van der Waals surface area contributed by atoms with Gasteiger partial charge >= 0.3 is 0 Å². The van der Waals surface area contributed by atoms with E-state index in [1.807, 2.05) is 6.92 Å². The minimum absolute atomic E-state index is 0.197. The third-order valence-corrected chi connectivity index (χ3v) is 4.22. The molecule has 1 rings (SSSR count). The summed E-state index contributed by atoms with van der Waals surface area (Å²) in [7, 11) is 0. The van der Waals surface area contributed by atoms with Gasteiger partial charge in [0.25, 0.3) is 0 Å². The van der Waals surface area contributed by atoms with Gasteiger partial charge in [0, 0.05) is 12.5 Å². The molecule has 110 valence electrons. The van der Waals surface area contributed by atoms with Crippen molar-refractivity contribution in [2.24, 2.45) is 11.8 Å². The molecule has 2 heteroatoms. The lowest BCUT2D eigenvalue weighted by Crippen LogP contribution is -2.42. The second kappa shape index (κ2) is 7.86. The van der Waals surface area contributed by atoms with E-state index in [0.717, 1.165) is 24.3 Å². The van der Waals surface area contributed by atoms with Gasteiger partial charge in [-0.3, -0.25) is 5.32 Å². The van der Waals surface area contributed by atoms with Gasteiger partial charge in [-0.25, -0.2) is 0 Å². The highest BCUT2D eigenvalue weighted by atomic mass is 16.3. The molecule has 2 unspecified atom stereocenters. The van der Waals surface area contributed by atoms with Gasteiger partial charge in [0.1, 0.15) is 6.23 Å². The van der Waals surface area contributed by atoms with Crippen LogP contribution >= 0.6 is 0 Å². The third kappa shape index (κ3) is 5.50. The van der Waals surface area contributed by atoms with Crippen molar-refractivity contribution in [2.75, 3.05) is 0 Å². The van der Waals surface area contributed by atoms with Crippen LogP contribution < -0.4 is 5.32 Å². The van der Waals surface area contributed by atoms with Crippen LogP contribution in [0.15, 0.2) is 23.8 Å². The minimum atomic E-state index is -0.450. The van der Waals surface area contributed by atoms with Gasteiger partial charge in [-0.2, -0.15) is 0 Å². The molecule has 0 saturated carbocycles.